The standard InChI is InChI=1S/C21H23ClN2S/c22-18-8-5-6-16(12-18)14-23-20-21(10-3-4-11-25-15-21)13-17-7-1-2-9-19(17)24-20/h1-2,5-9,12H,3-4,10-11,13-15H2,(H,23,24). The summed E-state index contributed by atoms with van der Waals surface area (Å²) in [6.07, 6.45) is 4.91. The monoisotopic (exact) mass is 370 g/mol. The molecule has 0 aromatic heterocycles. The van der Waals surface area contributed by atoms with E-state index in [0.717, 1.165) is 22.8 Å². The van der Waals surface area contributed by atoms with Crippen molar-refractivity contribution in [2.24, 2.45) is 10.4 Å². The van der Waals surface area contributed by atoms with E-state index in [-0.39, 0.29) is 5.41 Å². The van der Waals surface area contributed by atoms with Gasteiger partial charge in [-0.25, -0.2) is 0 Å². The fourth-order valence-corrected chi connectivity index (χ4v) is 5.39. The normalized spacial score (nSPS) is 24.6. The first-order chi connectivity index (χ1) is 12.3. The Balaban J connectivity index is 1.67. The fraction of sp³-hybridized carbons (Fsp3) is 0.381. The molecular formula is C21H23ClN2S. The third-order valence-electron chi connectivity index (χ3n) is 5.18. The molecule has 4 rings (SSSR count). The summed E-state index contributed by atoms with van der Waals surface area (Å²) in [6.45, 7) is 0.678. The number of nitrogens with one attached hydrogen (secondary N) is 1. The first-order valence-electron chi connectivity index (χ1n) is 8.97. The summed E-state index contributed by atoms with van der Waals surface area (Å²) >= 11 is 8.21. The van der Waals surface area contributed by atoms with E-state index in [0.29, 0.717) is 6.54 Å². The molecule has 2 aliphatic rings. The Labute approximate surface area is 159 Å². The van der Waals surface area contributed by atoms with Crippen LogP contribution in [-0.4, -0.2) is 17.3 Å². The molecule has 2 aromatic rings. The van der Waals surface area contributed by atoms with Crippen molar-refractivity contribution >= 4 is 34.9 Å². The van der Waals surface area contributed by atoms with Crippen LogP contribution in [-0.2, 0) is 13.0 Å². The molecule has 25 heavy (non-hydrogen) atoms. The van der Waals surface area contributed by atoms with Crippen LogP contribution in [0.1, 0.15) is 30.4 Å². The molecule has 130 valence electrons. The Kier molecular flexibility index (Phi) is 5.05. The lowest BCUT2D eigenvalue weighted by Gasteiger charge is -2.39. The van der Waals surface area contributed by atoms with Crippen LogP contribution in [0.15, 0.2) is 53.5 Å². The number of hydrogen-bond acceptors (Lipinski definition) is 2. The zero-order valence-electron chi connectivity index (χ0n) is 14.3. The first-order valence-corrected chi connectivity index (χ1v) is 10.5. The average molecular weight is 371 g/mol. The van der Waals surface area contributed by atoms with Crippen molar-refractivity contribution in [1.29, 1.82) is 0 Å². The molecule has 2 heterocycles. The van der Waals surface area contributed by atoms with Gasteiger partial charge in [-0.1, -0.05) is 48.4 Å². The second-order valence-corrected chi connectivity index (χ2v) is 8.59. The summed E-state index contributed by atoms with van der Waals surface area (Å²) in [7, 11) is 0. The maximum absolute atomic E-state index is 6.13. The SMILES string of the molecule is Clc1cccc(CN=C2Nc3ccccc3CC23CCCCSC3)c1. The number of rotatable bonds is 2. The van der Waals surface area contributed by atoms with E-state index >= 15 is 0 Å². The Bertz CT molecular complexity index is 779. The molecular weight excluding hydrogens is 348 g/mol. The highest BCUT2D eigenvalue weighted by Crippen LogP contribution is 2.42. The van der Waals surface area contributed by atoms with Gasteiger partial charge in [-0.3, -0.25) is 4.99 Å². The van der Waals surface area contributed by atoms with Crippen LogP contribution in [0.4, 0.5) is 5.69 Å². The van der Waals surface area contributed by atoms with Crippen LogP contribution < -0.4 is 5.32 Å². The van der Waals surface area contributed by atoms with E-state index in [4.69, 9.17) is 16.6 Å². The van der Waals surface area contributed by atoms with E-state index in [1.807, 2.05) is 18.2 Å². The number of thioether (sulfide) groups is 1. The number of nitrogens with zero attached hydrogens (tertiary/aromatic N) is 1. The third-order valence-corrected chi connectivity index (χ3v) is 6.75. The number of aliphatic imine (C=N–C) groups is 1. The molecule has 1 unspecified atom stereocenters. The summed E-state index contributed by atoms with van der Waals surface area (Å²) in [4.78, 5) is 5.05. The number of para-hydroxylation sites is 1. The second kappa shape index (κ2) is 7.43. The van der Waals surface area contributed by atoms with Crippen LogP contribution in [0.3, 0.4) is 0 Å². The van der Waals surface area contributed by atoms with Gasteiger partial charge in [-0.05, 0) is 54.3 Å². The lowest BCUT2D eigenvalue weighted by molar-refractivity contribution is 0.417. The lowest BCUT2D eigenvalue weighted by Crippen LogP contribution is -2.43. The second-order valence-electron chi connectivity index (χ2n) is 7.04. The van der Waals surface area contributed by atoms with E-state index < -0.39 is 0 Å². The molecule has 2 aromatic carbocycles. The lowest BCUT2D eigenvalue weighted by atomic mass is 9.75. The number of amidine groups is 1. The van der Waals surface area contributed by atoms with Crippen molar-refractivity contribution in [2.45, 2.75) is 32.2 Å². The molecule has 2 aliphatic heterocycles. The van der Waals surface area contributed by atoms with Crippen molar-refractivity contribution < 1.29 is 0 Å². The summed E-state index contributed by atoms with van der Waals surface area (Å²) < 4.78 is 0. The van der Waals surface area contributed by atoms with Gasteiger partial charge in [0.1, 0.15) is 5.84 Å². The largest absolute Gasteiger partial charge is 0.343 e. The minimum Gasteiger partial charge on any atom is -0.343 e. The molecule has 0 amide bonds. The maximum Gasteiger partial charge on any atom is 0.109 e. The highest BCUT2D eigenvalue weighted by molar-refractivity contribution is 7.99. The summed E-state index contributed by atoms with van der Waals surface area (Å²) in [5, 5.41) is 4.45. The summed E-state index contributed by atoms with van der Waals surface area (Å²) in [6, 6.07) is 16.7. The predicted molar refractivity (Wildman–Crippen MR) is 110 cm³/mol. The van der Waals surface area contributed by atoms with Gasteiger partial charge in [0, 0.05) is 21.9 Å². The smallest absolute Gasteiger partial charge is 0.109 e. The predicted octanol–water partition coefficient (Wildman–Crippen LogP) is 5.81. The maximum atomic E-state index is 6.13. The van der Waals surface area contributed by atoms with E-state index in [2.05, 4.69) is 47.4 Å². The number of benzene rings is 2. The number of anilines is 1. The van der Waals surface area contributed by atoms with Gasteiger partial charge in [0.2, 0.25) is 0 Å². The van der Waals surface area contributed by atoms with Crippen molar-refractivity contribution in [3.63, 3.8) is 0 Å². The Hall–Kier alpha value is -1.45. The van der Waals surface area contributed by atoms with Gasteiger partial charge in [-0.2, -0.15) is 11.8 Å². The molecule has 1 atom stereocenters. The number of fused-ring (bicyclic) bond motifs is 1. The molecule has 2 nitrogen and oxygen atoms in total. The van der Waals surface area contributed by atoms with Crippen molar-refractivity contribution in [2.75, 3.05) is 16.8 Å². The molecule has 1 saturated heterocycles. The Morgan fingerprint density at radius 3 is 2.96 bits per heavy atom. The van der Waals surface area contributed by atoms with Gasteiger partial charge in [0.15, 0.2) is 0 Å². The topological polar surface area (TPSA) is 24.4 Å². The van der Waals surface area contributed by atoms with Gasteiger partial charge in [-0.15, -0.1) is 0 Å². The van der Waals surface area contributed by atoms with Crippen molar-refractivity contribution in [3.05, 3.63) is 64.7 Å². The van der Waals surface area contributed by atoms with Gasteiger partial charge < -0.3 is 5.32 Å². The molecule has 0 saturated carbocycles. The van der Waals surface area contributed by atoms with E-state index in [1.54, 1.807) is 0 Å². The minimum absolute atomic E-state index is 0.147. The minimum atomic E-state index is 0.147. The van der Waals surface area contributed by atoms with Crippen LogP contribution in [0, 0.1) is 5.41 Å². The summed E-state index contributed by atoms with van der Waals surface area (Å²) in [5.74, 6) is 3.59. The van der Waals surface area contributed by atoms with Gasteiger partial charge in [0.25, 0.3) is 0 Å². The van der Waals surface area contributed by atoms with Gasteiger partial charge in [0.05, 0.1) is 6.54 Å². The third kappa shape index (κ3) is 3.73. The van der Waals surface area contributed by atoms with E-state index in [9.17, 15) is 0 Å². The van der Waals surface area contributed by atoms with Crippen molar-refractivity contribution in [1.82, 2.24) is 0 Å². The summed E-state index contributed by atoms with van der Waals surface area (Å²) in [5.41, 5.74) is 3.95. The Morgan fingerprint density at radius 1 is 1.12 bits per heavy atom. The molecule has 1 N–H and O–H groups in total. The fourth-order valence-electron chi connectivity index (χ4n) is 3.85. The van der Waals surface area contributed by atoms with Crippen LogP contribution in [0.25, 0.3) is 0 Å². The van der Waals surface area contributed by atoms with Crippen LogP contribution in [0.5, 0.6) is 0 Å². The number of halogens is 1. The van der Waals surface area contributed by atoms with E-state index in [1.165, 1.54) is 42.1 Å². The quantitative estimate of drug-likeness (QED) is 0.721. The molecule has 0 aliphatic carbocycles. The van der Waals surface area contributed by atoms with Crippen molar-refractivity contribution in [3.8, 4) is 0 Å². The molecule has 0 bridgehead atoms. The molecule has 4 heteroatoms. The van der Waals surface area contributed by atoms with Crippen LogP contribution in [0.2, 0.25) is 5.02 Å². The van der Waals surface area contributed by atoms with Crippen LogP contribution >= 0.6 is 23.4 Å². The molecule has 0 radical (unpaired) electrons. The molecule has 1 fully saturated rings. The van der Waals surface area contributed by atoms with Gasteiger partial charge >= 0.3 is 0 Å². The zero-order valence-corrected chi connectivity index (χ0v) is 15.9. The average Bonchev–Trinajstić information content (AvgIpc) is 2.86. The molecule has 1 spiro atoms. The first kappa shape index (κ1) is 17.0. The zero-order chi connectivity index (χ0) is 17.1. The Morgan fingerprint density at radius 2 is 2.04 bits per heavy atom. The number of hydrogen-bond donors (Lipinski definition) is 1. The highest BCUT2D eigenvalue weighted by Gasteiger charge is 2.40. The highest BCUT2D eigenvalue weighted by atomic mass is 35.5.